The van der Waals surface area contributed by atoms with Gasteiger partial charge in [-0.3, -0.25) is 6.08 Å². The first-order chi connectivity index (χ1) is 9.86. The monoisotopic (exact) mass is 442 g/mol. The largest absolute Gasteiger partial charge is 4.00 e. The van der Waals surface area contributed by atoms with Crippen LogP contribution in [0.5, 0.6) is 0 Å². The predicted molar refractivity (Wildman–Crippen MR) is 89.8 cm³/mol. The van der Waals surface area contributed by atoms with Crippen molar-refractivity contribution in [1.29, 1.82) is 0 Å². The van der Waals surface area contributed by atoms with E-state index in [1.807, 2.05) is 17.7 Å². The SMILES string of the molecule is CC[Si]1([C-]2CCC3CC=CC=C23)CCC1.[C-]1=CC=CC1.[Cl-].[Cl-].[Zr+4]. The van der Waals surface area contributed by atoms with Gasteiger partial charge < -0.3 is 24.8 Å². The van der Waals surface area contributed by atoms with E-state index in [9.17, 15) is 0 Å². The van der Waals surface area contributed by atoms with E-state index in [-0.39, 0.29) is 51.0 Å². The Morgan fingerprint density at radius 3 is 2.48 bits per heavy atom. The molecule has 1 saturated carbocycles. The molecule has 0 amide bonds. The fourth-order valence-corrected chi connectivity index (χ4v) is 8.66. The van der Waals surface area contributed by atoms with E-state index in [1.54, 1.807) is 17.7 Å². The van der Waals surface area contributed by atoms with Crippen LogP contribution in [0.3, 0.4) is 0 Å². The summed E-state index contributed by atoms with van der Waals surface area (Å²) in [5, 5.41) is 0. The maximum atomic E-state index is 2.99. The Bertz CT molecular complexity index is 448. The van der Waals surface area contributed by atoms with Gasteiger partial charge in [0.1, 0.15) is 0 Å². The van der Waals surface area contributed by atoms with Crippen LogP contribution in [0.4, 0.5) is 0 Å². The third-order valence-corrected chi connectivity index (χ3v) is 11.4. The van der Waals surface area contributed by atoms with Gasteiger partial charge in [-0.1, -0.05) is 44.3 Å². The Labute approximate surface area is 174 Å². The molecule has 2 fully saturated rings. The number of halogens is 2. The van der Waals surface area contributed by atoms with Crippen molar-refractivity contribution in [2.75, 3.05) is 0 Å². The average Bonchev–Trinajstić information content (AvgIpc) is 3.11. The van der Waals surface area contributed by atoms with E-state index in [4.69, 9.17) is 0 Å². The molecule has 1 atom stereocenters. The van der Waals surface area contributed by atoms with Gasteiger partial charge in [0.05, 0.1) is 0 Å². The van der Waals surface area contributed by atoms with E-state index < -0.39 is 8.07 Å². The molecule has 1 aliphatic heterocycles. The average molecular weight is 445 g/mol. The molecule has 0 aromatic heterocycles. The van der Waals surface area contributed by atoms with Crippen molar-refractivity contribution >= 4 is 8.07 Å². The second-order valence-corrected chi connectivity index (χ2v) is 11.4. The molecule has 4 aliphatic rings. The molecular weight excluding hydrogens is 418 g/mol. The first-order valence-electron chi connectivity index (χ1n) is 8.31. The molecule has 0 nitrogen and oxygen atoms in total. The third kappa shape index (κ3) is 5.24. The second kappa shape index (κ2) is 11.2. The minimum Gasteiger partial charge on any atom is -1.00 e. The minimum absolute atomic E-state index is 0. The van der Waals surface area contributed by atoms with Gasteiger partial charge in [0.2, 0.25) is 0 Å². The van der Waals surface area contributed by atoms with Crippen molar-refractivity contribution in [3.8, 4) is 0 Å². The summed E-state index contributed by atoms with van der Waals surface area (Å²) in [6, 6.07) is 4.72. The summed E-state index contributed by atoms with van der Waals surface area (Å²) in [5.41, 5.74) is 3.79. The normalized spacial score (nSPS) is 24.8. The van der Waals surface area contributed by atoms with Crippen LogP contribution in [-0.2, 0) is 26.2 Å². The Kier molecular flexibility index (Phi) is 11.4. The molecule has 1 heterocycles. The number of hydrogen-bond donors (Lipinski definition) is 0. The molecule has 0 radical (unpaired) electrons. The molecule has 0 bridgehead atoms. The number of fused-ring (bicyclic) bond motifs is 1. The van der Waals surface area contributed by atoms with Gasteiger partial charge in [0.25, 0.3) is 0 Å². The molecule has 0 aromatic carbocycles. The molecule has 3 aliphatic carbocycles. The van der Waals surface area contributed by atoms with Crippen molar-refractivity contribution in [2.24, 2.45) is 5.92 Å². The quantitative estimate of drug-likeness (QED) is 0.401. The van der Waals surface area contributed by atoms with E-state index in [0.29, 0.717) is 0 Å². The zero-order valence-corrected chi connectivity index (χ0v) is 18.9. The van der Waals surface area contributed by atoms with E-state index in [1.165, 1.54) is 31.7 Å². The third-order valence-electron chi connectivity index (χ3n) is 5.58. The Balaban J connectivity index is 0.000000529. The summed E-state index contributed by atoms with van der Waals surface area (Å²) in [6.07, 6.45) is 22.9. The Hall–Kier alpha value is 0.510. The van der Waals surface area contributed by atoms with Crippen LogP contribution in [0.25, 0.3) is 0 Å². The molecule has 0 N–H and O–H groups in total. The van der Waals surface area contributed by atoms with Crippen molar-refractivity contribution in [3.05, 3.63) is 53.6 Å². The summed E-state index contributed by atoms with van der Waals surface area (Å²) in [6.45, 7) is 2.45. The Morgan fingerprint density at radius 1 is 1.22 bits per heavy atom. The fraction of sp³-hybridized carbons (Fsp3) is 0.526. The van der Waals surface area contributed by atoms with Crippen LogP contribution in [0.1, 0.15) is 39.0 Å². The van der Waals surface area contributed by atoms with Crippen LogP contribution in [0.15, 0.2) is 42.0 Å². The zero-order valence-electron chi connectivity index (χ0n) is 14.0. The smallest absolute Gasteiger partial charge is 1.00 e. The second-order valence-electron chi connectivity index (χ2n) is 6.49. The van der Waals surface area contributed by atoms with Crippen molar-refractivity contribution in [1.82, 2.24) is 0 Å². The van der Waals surface area contributed by atoms with Crippen LogP contribution in [0, 0.1) is 17.5 Å². The molecule has 1 unspecified atom stereocenters. The first-order valence-corrected chi connectivity index (χ1v) is 10.9. The van der Waals surface area contributed by atoms with Crippen molar-refractivity contribution < 1.29 is 51.0 Å². The predicted octanol–water partition coefficient (Wildman–Crippen LogP) is -0.420. The number of rotatable bonds is 2. The van der Waals surface area contributed by atoms with Crippen LogP contribution in [0.2, 0.25) is 18.1 Å². The fourth-order valence-electron chi connectivity index (χ4n) is 4.14. The maximum Gasteiger partial charge on any atom is 4.00 e. The van der Waals surface area contributed by atoms with Crippen molar-refractivity contribution in [2.45, 2.75) is 57.2 Å². The van der Waals surface area contributed by atoms with Gasteiger partial charge >= 0.3 is 26.2 Å². The zero-order chi connectivity index (χ0) is 13.8. The summed E-state index contributed by atoms with van der Waals surface area (Å²) >= 11 is 0. The number of allylic oxidation sites excluding steroid dienone is 8. The van der Waals surface area contributed by atoms with Gasteiger partial charge in [-0.25, -0.2) is 29.3 Å². The molecule has 23 heavy (non-hydrogen) atoms. The van der Waals surface area contributed by atoms with Gasteiger partial charge in [0.15, 0.2) is 0 Å². The maximum absolute atomic E-state index is 2.99. The van der Waals surface area contributed by atoms with Crippen LogP contribution < -0.4 is 24.8 Å². The molecule has 4 rings (SSSR count). The van der Waals surface area contributed by atoms with E-state index in [0.717, 1.165) is 12.3 Å². The minimum atomic E-state index is -0.877. The van der Waals surface area contributed by atoms with E-state index in [2.05, 4.69) is 37.3 Å². The van der Waals surface area contributed by atoms with Gasteiger partial charge in [-0.15, -0.1) is 18.6 Å². The summed E-state index contributed by atoms with van der Waals surface area (Å²) < 4.78 is 0. The summed E-state index contributed by atoms with van der Waals surface area (Å²) in [4.78, 5) is 0. The topological polar surface area (TPSA) is 0 Å². The molecule has 0 spiro atoms. The summed E-state index contributed by atoms with van der Waals surface area (Å²) in [7, 11) is -0.877. The first kappa shape index (κ1) is 23.5. The van der Waals surface area contributed by atoms with Crippen LogP contribution >= 0.6 is 0 Å². The summed E-state index contributed by atoms with van der Waals surface area (Å²) in [5.74, 6) is 0.918. The number of hydrogen-bond acceptors (Lipinski definition) is 0. The van der Waals surface area contributed by atoms with E-state index >= 15 is 0 Å². The Morgan fingerprint density at radius 2 is 2.00 bits per heavy atom. The van der Waals surface area contributed by atoms with Gasteiger partial charge in [-0.2, -0.15) is 6.08 Å². The van der Waals surface area contributed by atoms with Gasteiger partial charge in [-0.05, 0) is 20.4 Å². The molecule has 1 saturated heterocycles. The molecule has 124 valence electrons. The molecular formula is C19H26Cl2SiZr. The molecule has 4 heteroatoms. The van der Waals surface area contributed by atoms with Gasteiger partial charge in [0, 0.05) is 0 Å². The van der Waals surface area contributed by atoms with Crippen LogP contribution in [-0.4, -0.2) is 8.07 Å². The molecule has 0 aromatic rings. The van der Waals surface area contributed by atoms with Crippen molar-refractivity contribution in [3.63, 3.8) is 0 Å². The standard InChI is InChI=1S/C14H21Si.C5H5.2ClH.Zr/c1-2-15(10-5-11-15)14-9-8-12-6-3-4-7-13(12)14;1-2-4-5-3-1;;;/h3-4,7,12H,2,5-6,8-11H2,1H3;1-3H,4H2;2*1H;/q2*-1;;;+4/p-2.